The minimum Gasteiger partial charge on any atom is -0.379 e. The smallest absolute Gasteiger partial charge is 0.163 e. The van der Waals surface area contributed by atoms with E-state index in [1.807, 2.05) is 13.8 Å². The van der Waals surface area contributed by atoms with Crippen molar-refractivity contribution in [3.05, 3.63) is 0 Å². The summed E-state index contributed by atoms with van der Waals surface area (Å²) in [6.07, 6.45) is 0.916. The summed E-state index contributed by atoms with van der Waals surface area (Å²) in [6, 6.07) is 0.0386. The highest BCUT2D eigenvalue weighted by atomic mass is 16.8. The average Bonchev–Trinajstić information content (AvgIpc) is 2.47. The average molecular weight is 187 g/mol. The predicted octanol–water partition coefficient (Wildman–Crippen LogP) is 0.252. The number of fused-ring (bicyclic) bond motifs is 1. The third-order valence-electron chi connectivity index (χ3n) is 2.76. The first-order valence-electron chi connectivity index (χ1n) is 4.67. The molecule has 2 fully saturated rings. The third kappa shape index (κ3) is 1.48. The van der Waals surface area contributed by atoms with E-state index in [1.165, 1.54) is 0 Å². The molecule has 1 aliphatic carbocycles. The number of rotatable bonds is 1. The van der Waals surface area contributed by atoms with Crippen LogP contribution in [0.3, 0.4) is 0 Å². The molecule has 4 atom stereocenters. The molecule has 0 bridgehead atoms. The number of nitrogens with two attached hydrogens (primary N) is 1. The van der Waals surface area contributed by atoms with E-state index in [4.69, 9.17) is 19.9 Å². The first-order chi connectivity index (χ1) is 6.03. The minimum absolute atomic E-state index is 0.0000463. The molecular formula is C9H17NO3. The van der Waals surface area contributed by atoms with E-state index in [0.717, 1.165) is 6.42 Å². The van der Waals surface area contributed by atoms with Crippen molar-refractivity contribution in [1.82, 2.24) is 0 Å². The summed E-state index contributed by atoms with van der Waals surface area (Å²) < 4.78 is 16.7. The van der Waals surface area contributed by atoms with Gasteiger partial charge in [0.2, 0.25) is 0 Å². The van der Waals surface area contributed by atoms with Crippen LogP contribution in [0.4, 0.5) is 0 Å². The van der Waals surface area contributed by atoms with Crippen molar-refractivity contribution in [3.63, 3.8) is 0 Å². The Bertz CT molecular complexity index is 207. The van der Waals surface area contributed by atoms with Crippen molar-refractivity contribution >= 4 is 0 Å². The standard InChI is InChI=1S/C9H17NO3/c1-9(2)12-7-5(10)4-6(11-3)8(7)13-9/h5-8H,4,10H2,1-3H3/t5-,6+,7+,8-/m1/s1. The van der Waals surface area contributed by atoms with Crippen LogP contribution in [-0.4, -0.2) is 37.3 Å². The van der Waals surface area contributed by atoms with Crippen molar-refractivity contribution < 1.29 is 14.2 Å². The zero-order chi connectivity index (χ0) is 9.64. The summed E-state index contributed by atoms with van der Waals surface area (Å²) in [7, 11) is 1.69. The Morgan fingerprint density at radius 3 is 2.54 bits per heavy atom. The van der Waals surface area contributed by atoms with E-state index < -0.39 is 5.79 Å². The van der Waals surface area contributed by atoms with Gasteiger partial charge < -0.3 is 19.9 Å². The van der Waals surface area contributed by atoms with Crippen molar-refractivity contribution in [1.29, 1.82) is 0 Å². The summed E-state index contributed by atoms with van der Waals surface area (Å²) >= 11 is 0. The molecule has 4 nitrogen and oxygen atoms in total. The van der Waals surface area contributed by atoms with Crippen molar-refractivity contribution in [2.24, 2.45) is 5.73 Å². The van der Waals surface area contributed by atoms with Crippen molar-refractivity contribution in [2.75, 3.05) is 7.11 Å². The highest BCUT2D eigenvalue weighted by molar-refractivity contribution is 5.01. The maximum Gasteiger partial charge on any atom is 0.163 e. The molecule has 13 heavy (non-hydrogen) atoms. The highest BCUT2D eigenvalue weighted by Crippen LogP contribution is 2.38. The molecule has 1 saturated heterocycles. The van der Waals surface area contributed by atoms with Gasteiger partial charge in [-0.1, -0.05) is 0 Å². The molecule has 2 rings (SSSR count). The first kappa shape index (κ1) is 9.40. The maximum atomic E-state index is 5.92. The van der Waals surface area contributed by atoms with Crippen LogP contribution in [-0.2, 0) is 14.2 Å². The van der Waals surface area contributed by atoms with Crippen LogP contribution in [0.5, 0.6) is 0 Å². The molecule has 0 aromatic rings. The van der Waals surface area contributed by atoms with E-state index in [0.29, 0.717) is 0 Å². The summed E-state index contributed by atoms with van der Waals surface area (Å²) in [5.74, 6) is -0.510. The van der Waals surface area contributed by atoms with Gasteiger partial charge in [0.25, 0.3) is 0 Å². The zero-order valence-electron chi connectivity index (χ0n) is 8.32. The van der Waals surface area contributed by atoms with Gasteiger partial charge >= 0.3 is 0 Å². The van der Waals surface area contributed by atoms with Crippen LogP contribution in [0.15, 0.2) is 0 Å². The van der Waals surface area contributed by atoms with E-state index in [9.17, 15) is 0 Å². The van der Waals surface area contributed by atoms with Crippen LogP contribution in [0.25, 0.3) is 0 Å². The number of ether oxygens (including phenoxy) is 3. The van der Waals surface area contributed by atoms with Gasteiger partial charge in [-0.3, -0.25) is 0 Å². The van der Waals surface area contributed by atoms with Gasteiger partial charge in [0.05, 0.1) is 6.10 Å². The normalized spacial score (nSPS) is 48.0. The molecule has 0 amide bonds. The Balaban J connectivity index is 2.12. The molecule has 1 aliphatic heterocycles. The lowest BCUT2D eigenvalue weighted by Gasteiger charge is -2.21. The maximum absolute atomic E-state index is 5.92. The molecule has 1 heterocycles. The van der Waals surface area contributed by atoms with E-state index in [1.54, 1.807) is 7.11 Å². The largest absolute Gasteiger partial charge is 0.379 e. The molecule has 1 saturated carbocycles. The molecule has 76 valence electrons. The van der Waals surface area contributed by atoms with Gasteiger partial charge in [0, 0.05) is 13.2 Å². The molecular weight excluding hydrogens is 170 g/mol. The highest BCUT2D eigenvalue weighted by Gasteiger charge is 2.53. The quantitative estimate of drug-likeness (QED) is 0.639. The van der Waals surface area contributed by atoms with Gasteiger partial charge in [0.15, 0.2) is 5.79 Å². The van der Waals surface area contributed by atoms with Crippen LogP contribution in [0.2, 0.25) is 0 Å². The molecule has 0 unspecified atom stereocenters. The second-order valence-electron chi connectivity index (χ2n) is 4.24. The van der Waals surface area contributed by atoms with E-state index in [-0.39, 0.29) is 24.4 Å². The topological polar surface area (TPSA) is 53.7 Å². The minimum atomic E-state index is -0.510. The molecule has 0 radical (unpaired) electrons. The Kier molecular flexibility index (Phi) is 2.11. The summed E-state index contributed by atoms with van der Waals surface area (Å²) in [6.45, 7) is 3.82. The summed E-state index contributed by atoms with van der Waals surface area (Å²) in [5, 5.41) is 0. The Hall–Kier alpha value is -0.160. The lowest BCUT2D eigenvalue weighted by Crippen LogP contribution is -2.35. The summed E-state index contributed by atoms with van der Waals surface area (Å²) in [4.78, 5) is 0. The molecule has 0 spiro atoms. The van der Waals surface area contributed by atoms with Gasteiger partial charge in [0.1, 0.15) is 12.2 Å². The third-order valence-corrected chi connectivity index (χ3v) is 2.76. The van der Waals surface area contributed by atoms with Crippen LogP contribution < -0.4 is 5.73 Å². The lowest BCUT2D eigenvalue weighted by molar-refractivity contribution is -0.165. The molecule has 0 aromatic heterocycles. The number of hydrogen-bond acceptors (Lipinski definition) is 4. The van der Waals surface area contributed by atoms with Gasteiger partial charge in [-0.25, -0.2) is 0 Å². The number of hydrogen-bond donors (Lipinski definition) is 1. The molecule has 2 N–H and O–H groups in total. The lowest BCUT2D eigenvalue weighted by atomic mass is 10.2. The van der Waals surface area contributed by atoms with Crippen LogP contribution in [0.1, 0.15) is 20.3 Å². The fraction of sp³-hybridized carbons (Fsp3) is 1.00. The van der Waals surface area contributed by atoms with E-state index >= 15 is 0 Å². The molecule has 2 aliphatic rings. The van der Waals surface area contributed by atoms with Crippen molar-refractivity contribution in [2.45, 2.75) is 50.4 Å². The zero-order valence-corrected chi connectivity index (χ0v) is 8.32. The van der Waals surface area contributed by atoms with Gasteiger partial charge in [-0.05, 0) is 20.3 Å². The van der Waals surface area contributed by atoms with Crippen molar-refractivity contribution in [3.8, 4) is 0 Å². The molecule has 0 aromatic carbocycles. The first-order valence-corrected chi connectivity index (χ1v) is 4.67. The summed E-state index contributed by atoms with van der Waals surface area (Å²) in [5.41, 5.74) is 5.92. The fourth-order valence-electron chi connectivity index (χ4n) is 2.20. The Labute approximate surface area is 78.3 Å². The number of methoxy groups -OCH3 is 1. The second kappa shape index (κ2) is 2.92. The monoisotopic (exact) mass is 187 g/mol. The Morgan fingerprint density at radius 2 is 1.92 bits per heavy atom. The predicted molar refractivity (Wildman–Crippen MR) is 47.2 cm³/mol. The van der Waals surface area contributed by atoms with Crippen LogP contribution >= 0.6 is 0 Å². The van der Waals surface area contributed by atoms with Gasteiger partial charge in [-0.2, -0.15) is 0 Å². The second-order valence-corrected chi connectivity index (χ2v) is 4.24. The SMILES string of the molecule is CO[C@H]1C[C@@H](N)[C@@H]2OC(C)(C)O[C@@H]21. The van der Waals surface area contributed by atoms with E-state index in [2.05, 4.69) is 0 Å². The molecule has 4 heteroatoms. The van der Waals surface area contributed by atoms with Crippen LogP contribution in [0, 0.1) is 0 Å². The van der Waals surface area contributed by atoms with Gasteiger partial charge in [-0.15, -0.1) is 0 Å². The Morgan fingerprint density at radius 1 is 1.31 bits per heavy atom. The fourth-order valence-corrected chi connectivity index (χ4v) is 2.20.